The molecule has 1 heterocycles. The lowest BCUT2D eigenvalue weighted by atomic mass is 9.95. The number of hydrogen-bond donors (Lipinski definition) is 2. The van der Waals surface area contributed by atoms with Gasteiger partial charge in [0.2, 0.25) is 10.0 Å². The van der Waals surface area contributed by atoms with E-state index in [9.17, 15) is 13.5 Å². The summed E-state index contributed by atoms with van der Waals surface area (Å²) in [5, 5.41) is 14.1. The molecule has 0 radical (unpaired) electrons. The van der Waals surface area contributed by atoms with E-state index in [-0.39, 0.29) is 17.2 Å². The molecule has 6 nitrogen and oxygen atoms in total. The van der Waals surface area contributed by atoms with E-state index in [1.807, 2.05) is 0 Å². The summed E-state index contributed by atoms with van der Waals surface area (Å²) in [6.45, 7) is 3.19. The average molecular weight is 302 g/mol. The first kappa shape index (κ1) is 15.5. The van der Waals surface area contributed by atoms with Crippen LogP contribution in [0.5, 0.6) is 0 Å². The van der Waals surface area contributed by atoms with Gasteiger partial charge in [0.25, 0.3) is 0 Å². The van der Waals surface area contributed by atoms with Crippen molar-refractivity contribution in [2.24, 2.45) is 0 Å². The molecule has 0 spiro atoms. The Morgan fingerprint density at radius 2 is 1.85 bits per heavy atom. The first-order valence-electron chi connectivity index (χ1n) is 6.99. The van der Waals surface area contributed by atoms with Crippen molar-refractivity contribution in [3.05, 3.63) is 11.5 Å². The van der Waals surface area contributed by atoms with Gasteiger partial charge in [0, 0.05) is 6.54 Å². The highest BCUT2D eigenvalue weighted by molar-refractivity contribution is 7.89. The maximum Gasteiger partial charge on any atom is 0.246 e. The molecule has 2 rings (SSSR count). The van der Waals surface area contributed by atoms with Crippen molar-refractivity contribution < 1.29 is 18.0 Å². The van der Waals surface area contributed by atoms with Crippen molar-refractivity contribution in [2.45, 2.75) is 62.9 Å². The van der Waals surface area contributed by atoms with Gasteiger partial charge in [0.1, 0.15) is 10.6 Å². The number of aromatic nitrogens is 1. The Hall–Kier alpha value is -0.920. The molecule has 0 amide bonds. The Morgan fingerprint density at radius 1 is 1.25 bits per heavy atom. The van der Waals surface area contributed by atoms with Crippen LogP contribution in [0.25, 0.3) is 0 Å². The van der Waals surface area contributed by atoms with Crippen LogP contribution in [0, 0.1) is 13.8 Å². The molecule has 1 aliphatic carbocycles. The van der Waals surface area contributed by atoms with Crippen molar-refractivity contribution in [1.82, 2.24) is 9.88 Å². The van der Waals surface area contributed by atoms with Crippen molar-refractivity contribution in [3.8, 4) is 0 Å². The van der Waals surface area contributed by atoms with E-state index in [4.69, 9.17) is 4.52 Å². The van der Waals surface area contributed by atoms with Gasteiger partial charge in [-0.3, -0.25) is 0 Å². The highest BCUT2D eigenvalue weighted by Crippen LogP contribution is 2.27. The lowest BCUT2D eigenvalue weighted by molar-refractivity contribution is 0.0303. The highest BCUT2D eigenvalue weighted by atomic mass is 32.2. The molecule has 0 unspecified atom stereocenters. The molecule has 20 heavy (non-hydrogen) atoms. The monoisotopic (exact) mass is 302 g/mol. The molecule has 7 heteroatoms. The van der Waals surface area contributed by atoms with E-state index in [1.54, 1.807) is 13.8 Å². The molecule has 0 aliphatic heterocycles. The van der Waals surface area contributed by atoms with Gasteiger partial charge in [-0.25, -0.2) is 13.1 Å². The summed E-state index contributed by atoms with van der Waals surface area (Å²) in [6, 6.07) is 0. The second-order valence-electron chi connectivity index (χ2n) is 5.62. The van der Waals surface area contributed by atoms with Gasteiger partial charge in [-0.05, 0) is 26.7 Å². The van der Waals surface area contributed by atoms with E-state index in [0.29, 0.717) is 18.5 Å². The molecule has 0 aromatic carbocycles. The highest BCUT2D eigenvalue weighted by Gasteiger charge is 2.31. The predicted molar refractivity (Wildman–Crippen MR) is 73.8 cm³/mol. The number of sulfonamides is 1. The zero-order valence-electron chi connectivity index (χ0n) is 12.0. The summed E-state index contributed by atoms with van der Waals surface area (Å²) >= 11 is 0. The molecule has 114 valence electrons. The van der Waals surface area contributed by atoms with E-state index < -0.39 is 15.6 Å². The fraction of sp³-hybridized carbons (Fsp3) is 0.769. The minimum Gasteiger partial charge on any atom is -0.389 e. The molecular formula is C13H22N2O4S. The summed E-state index contributed by atoms with van der Waals surface area (Å²) in [7, 11) is -3.69. The van der Waals surface area contributed by atoms with Gasteiger partial charge in [0.05, 0.1) is 5.60 Å². The Morgan fingerprint density at radius 3 is 2.35 bits per heavy atom. The van der Waals surface area contributed by atoms with Crippen LogP contribution in [0.4, 0.5) is 0 Å². The molecule has 1 saturated carbocycles. The topological polar surface area (TPSA) is 92.4 Å². The van der Waals surface area contributed by atoms with Crippen LogP contribution in [0.1, 0.15) is 50.0 Å². The third-order valence-corrected chi connectivity index (χ3v) is 5.51. The van der Waals surface area contributed by atoms with Crippen LogP contribution < -0.4 is 4.72 Å². The van der Waals surface area contributed by atoms with Crippen LogP contribution in [0.3, 0.4) is 0 Å². The van der Waals surface area contributed by atoms with Crippen molar-refractivity contribution in [2.75, 3.05) is 6.54 Å². The quantitative estimate of drug-likeness (QED) is 0.825. The van der Waals surface area contributed by atoms with Gasteiger partial charge in [-0.15, -0.1) is 0 Å². The van der Waals surface area contributed by atoms with E-state index in [1.165, 1.54) is 0 Å². The second kappa shape index (κ2) is 5.83. The molecule has 1 fully saturated rings. The SMILES string of the molecule is Cc1noc(C)c1S(=O)(=O)NCC1(O)CCCCCC1. The van der Waals surface area contributed by atoms with Crippen molar-refractivity contribution in [3.63, 3.8) is 0 Å². The summed E-state index contributed by atoms with van der Waals surface area (Å²) in [5.41, 5.74) is -0.606. The van der Waals surface area contributed by atoms with Gasteiger partial charge in [0.15, 0.2) is 5.76 Å². The minimum atomic E-state index is -3.69. The lowest BCUT2D eigenvalue weighted by Gasteiger charge is -2.26. The largest absolute Gasteiger partial charge is 0.389 e. The van der Waals surface area contributed by atoms with Gasteiger partial charge in [-0.1, -0.05) is 30.8 Å². The zero-order valence-corrected chi connectivity index (χ0v) is 12.8. The maximum atomic E-state index is 12.3. The normalized spacial score (nSPS) is 19.8. The number of aliphatic hydroxyl groups is 1. The molecular weight excluding hydrogens is 280 g/mol. The molecule has 1 aliphatic rings. The summed E-state index contributed by atoms with van der Waals surface area (Å²) in [6.07, 6.45) is 5.33. The van der Waals surface area contributed by atoms with E-state index in [2.05, 4.69) is 9.88 Å². The maximum absolute atomic E-state index is 12.3. The minimum absolute atomic E-state index is 0.0411. The summed E-state index contributed by atoms with van der Waals surface area (Å²) in [5.74, 6) is 0.267. The van der Waals surface area contributed by atoms with Crippen LogP contribution in [-0.2, 0) is 10.0 Å². The molecule has 0 bridgehead atoms. The first-order chi connectivity index (χ1) is 9.34. The fourth-order valence-corrected chi connectivity index (χ4v) is 4.17. The smallest absolute Gasteiger partial charge is 0.246 e. The molecule has 0 saturated heterocycles. The lowest BCUT2D eigenvalue weighted by Crippen LogP contribution is -2.42. The number of aryl methyl sites for hydroxylation is 2. The van der Waals surface area contributed by atoms with Crippen LogP contribution in [0.2, 0.25) is 0 Å². The van der Waals surface area contributed by atoms with Crippen molar-refractivity contribution >= 4 is 10.0 Å². The molecule has 1 aromatic heterocycles. The average Bonchev–Trinajstić information content (AvgIpc) is 2.60. The number of nitrogens with zero attached hydrogens (tertiary/aromatic N) is 1. The Kier molecular flexibility index (Phi) is 4.51. The first-order valence-corrected chi connectivity index (χ1v) is 8.47. The van der Waals surface area contributed by atoms with Crippen LogP contribution >= 0.6 is 0 Å². The summed E-state index contributed by atoms with van der Waals surface area (Å²) in [4.78, 5) is 0.0784. The third-order valence-electron chi connectivity index (χ3n) is 3.86. The molecule has 2 N–H and O–H groups in total. The van der Waals surface area contributed by atoms with Crippen molar-refractivity contribution in [1.29, 1.82) is 0 Å². The Bertz CT molecular complexity index is 537. The number of nitrogens with one attached hydrogen (secondary N) is 1. The zero-order chi connectivity index (χ0) is 14.8. The van der Waals surface area contributed by atoms with Crippen LogP contribution in [-0.4, -0.2) is 30.8 Å². The Balaban J connectivity index is 2.09. The molecule has 0 atom stereocenters. The van der Waals surface area contributed by atoms with E-state index in [0.717, 1.165) is 25.7 Å². The fourth-order valence-electron chi connectivity index (χ4n) is 2.72. The third kappa shape index (κ3) is 3.39. The Labute approximate surface area is 119 Å². The second-order valence-corrected chi connectivity index (χ2v) is 7.32. The standard InChI is InChI=1S/C13H22N2O4S/c1-10-12(11(2)19-15-10)20(17,18)14-9-13(16)7-5-3-4-6-8-13/h14,16H,3-9H2,1-2H3. The predicted octanol–water partition coefficient (Wildman–Crippen LogP) is 1.66. The van der Waals surface area contributed by atoms with E-state index >= 15 is 0 Å². The summed E-state index contributed by atoms with van der Waals surface area (Å²) < 4.78 is 32.0. The van der Waals surface area contributed by atoms with Gasteiger partial charge < -0.3 is 9.63 Å². The van der Waals surface area contributed by atoms with Gasteiger partial charge >= 0.3 is 0 Å². The molecule has 1 aromatic rings. The number of hydrogen-bond acceptors (Lipinski definition) is 5. The van der Waals surface area contributed by atoms with Gasteiger partial charge in [-0.2, -0.15) is 0 Å². The van der Waals surface area contributed by atoms with Crippen LogP contribution in [0.15, 0.2) is 9.42 Å². The number of rotatable bonds is 4.